The highest BCUT2D eigenvalue weighted by Gasteiger charge is 2.15. The number of ether oxygens (including phenoxy) is 1. The molecule has 1 atom stereocenters. The number of nitrogens with zero attached hydrogens (tertiary/aromatic N) is 1. The second kappa shape index (κ2) is 5.91. The van der Waals surface area contributed by atoms with Gasteiger partial charge in [-0.25, -0.2) is 0 Å². The van der Waals surface area contributed by atoms with Crippen LogP contribution in [-0.4, -0.2) is 11.5 Å². The highest BCUT2D eigenvalue weighted by atomic mass is 79.9. The van der Waals surface area contributed by atoms with Crippen LogP contribution in [-0.2, 0) is 0 Å². The summed E-state index contributed by atoms with van der Waals surface area (Å²) in [5.74, 6) is 0.767. The standard InChI is InChI=1S/C15H13BrN2OS/c16-14-7-6-13(20-14)12(9-17)19-11-5-1-3-10-4-2-8-18-15(10)11/h1-8,12H,9,17H2. The molecule has 0 fully saturated rings. The van der Waals surface area contributed by atoms with E-state index in [1.165, 1.54) is 0 Å². The Labute approximate surface area is 129 Å². The molecule has 0 aliphatic heterocycles. The van der Waals surface area contributed by atoms with E-state index in [1.54, 1.807) is 17.5 Å². The molecule has 2 N–H and O–H groups in total. The number of fused-ring (bicyclic) bond motifs is 1. The second-order valence-electron chi connectivity index (χ2n) is 4.32. The molecule has 102 valence electrons. The molecule has 3 aromatic rings. The highest BCUT2D eigenvalue weighted by molar-refractivity contribution is 9.11. The van der Waals surface area contributed by atoms with Crippen LogP contribution in [0.3, 0.4) is 0 Å². The minimum atomic E-state index is -0.154. The van der Waals surface area contributed by atoms with Crippen molar-refractivity contribution in [1.29, 1.82) is 0 Å². The summed E-state index contributed by atoms with van der Waals surface area (Å²) in [5, 5.41) is 1.06. The first-order chi connectivity index (χ1) is 9.78. The number of aromatic nitrogens is 1. The van der Waals surface area contributed by atoms with Gasteiger partial charge >= 0.3 is 0 Å². The van der Waals surface area contributed by atoms with Crippen LogP contribution in [0.1, 0.15) is 11.0 Å². The lowest BCUT2D eigenvalue weighted by Gasteiger charge is -2.17. The van der Waals surface area contributed by atoms with Crippen LogP contribution in [0.4, 0.5) is 0 Å². The molecular weight excluding hydrogens is 336 g/mol. The number of thiophene rings is 1. The Hall–Kier alpha value is -1.43. The molecule has 1 unspecified atom stereocenters. The monoisotopic (exact) mass is 348 g/mol. The molecule has 0 spiro atoms. The lowest BCUT2D eigenvalue weighted by molar-refractivity contribution is 0.220. The molecule has 3 rings (SSSR count). The summed E-state index contributed by atoms with van der Waals surface area (Å²) < 4.78 is 7.15. The fourth-order valence-electron chi connectivity index (χ4n) is 2.05. The minimum Gasteiger partial charge on any atom is -0.481 e. The van der Waals surface area contributed by atoms with Crippen molar-refractivity contribution in [2.45, 2.75) is 6.10 Å². The Morgan fingerprint density at radius 2 is 2.05 bits per heavy atom. The van der Waals surface area contributed by atoms with E-state index in [0.717, 1.165) is 25.3 Å². The second-order valence-corrected chi connectivity index (χ2v) is 6.81. The molecule has 0 aliphatic carbocycles. The predicted octanol–water partition coefficient (Wildman–Crippen LogP) is 4.14. The maximum atomic E-state index is 6.08. The Balaban J connectivity index is 1.95. The van der Waals surface area contributed by atoms with E-state index in [1.807, 2.05) is 42.5 Å². The highest BCUT2D eigenvalue weighted by Crippen LogP contribution is 2.32. The topological polar surface area (TPSA) is 48.1 Å². The number of rotatable bonds is 4. The SMILES string of the molecule is NCC(Oc1cccc2cccnc12)c1ccc(Br)s1. The van der Waals surface area contributed by atoms with E-state index in [2.05, 4.69) is 20.9 Å². The molecule has 0 saturated heterocycles. The quantitative estimate of drug-likeness (QED) is 0.770. The van der Waals surface area contributed by atoms with Gasteiger partial charge < -0.3 is 10.5 Å². The average molecular weight is 349 g/mol. The van der Waals surface area contributed by atoms with Crippen LogP contribution >= 0.6 is 27.3 Å². The third-order valence-corrected chi connectivity index (χ3v) is 4.71. The van der Waals surface area contributed by atoms with Crippen molar-refractivity contribution in [3.63, 3.8) is 0 Å². The molecule has 3 nitrogen and oxygen atoms in total. The smallest absolute Gasteiger partial charge is 0.146 e. The summed E-state index contributed by atoms with van der Waals surface area (Å²) in [6.07, 6.45) is 1.62. The van der Waals surface area contributed by atoms with Crippen LogP contribution in [0.2, 0.25) is 0 Å². The van der Waals surface area contributed by atoms with E-state index in [9.17, 15) is 0 Å². The Morgan fingerprint density at radius 1 is 1.20 bits per heavy atom. The van der Waals surface area contributed by atoms with Crippen LogP contribution < -0.4 is 10.5 Å². The van der Waals surface area contributed by atoms with Gasteiger partial charge in [-0.2, -0.15) is 0 Å². The number of halogens is 1. The first-order valence-electron chi connectivity index (χ1n) is 6.23. The molecule has 0 saturated carbocycles. The van der Waals surface area contributed by atoms with Gasteiger partial charge in [0.15, 0.2) is 0 Å². The maximum absolute atomic E-state index is 6.08. The normalized spacial score (nSPS) is 12.5. The van der Waals surface area contributed by atoms with Crippen molar-refractivity contribution in [3.05, 3.63) is 57.3 Å². The van der Waals surface area contributed by atoms with Crippen molar-refractivity contribution in [1.82, 2.24) is 4.98 Å². The number of hydrogen-bond donors (Lipinski definition) is 1. The zero-order chi connectivity index (χ0) is 13.9. The summed E-state index contributed by atoms with van der Waals surface area (Å²) in [7, 11) is 0. The third kappa shape index (κ3) is 2.70. The van der Waals surface area contributed by atoms with Crippen molar-refractivity contribution < 1.29 is 4.74 Å². The van der Waals surface area contributed by atoms with Crippen molar-refractivity contribution in [2.24, 2.45) is 5.73 Å². The predicted molar refractivity (Wildman–Crippen MR) is 86.2 cm³/mol. The van der Waals surface area contributed by atoms with E-state index < -0.39 is 0 Å². The van der Waals surface area contributed by atoms with Gasteiger partial charge in [0, 0.05) is 23.0 Å². The zero-order valence-electron chi connectivity index (χ0n) is 10.6. The fourth-order valence-corrected chi connectivity index (χ4v) is 3.51. The minimum absolute atomic E-state index is 0.154. The van der Waals surface area contributed by atoms with Gasteiger partial charge in [0.2, 0.25) is 0 Å². The van der Waals surface area contributed by atoms with Gasteiger partial charge in [-0.15, -0.1) is 11.3 Å². The molecule has 0 bridgehead atoms. The van der Waals surface area contributed by atoms with E-state index in [-0.39, 0.29) is 6.10 Å². The molecular formula is C15H13BrN2OS. The van der Waals surface area contributed by atoms with Crippen molar-refractivity contribution in [3.8, 4) is 5.75 Å². The van der Waals surface area contributed by atoms with E-state index in [4.69, 9.17) is 10.5 Å². The van der Waals surface area contributed by atoms with Gasteiger partial charge in [-0.05, 0) is 40.2 Å². The van der Waals surface area contributed by atoms with E-state index in [0.29, 0.717) is 6.54 Å². The number of benzene rings is 1. The molecule has 1 aromatic carbocycles. The Kier molecular flexibility index (Phi) is 4.00. The van der Waals surface area contributed by atoms with Crippen LogP contribution in [0.5, 0.6) is 5.75 Å². The zero-order valence-corrected chi connectivity index (χ0v) is 13.0. The molecule has 5 heteroatoms. The largest absolute Gasteiger partial charge is 0.481 e. The molecule has 2 heterocycles. The van der Waals surface area contributed by atoms with Gasteiger partial charge in [-0.1, -0.05) is 18.2 Å². The molecule has 20 heavy (non-hydrogen) atoms. The number of para-hydroxylation sites is 1. The Morgan fingerprint density at radius 3 is 2.80 bits per heavy atom. The molecule has 0 radical (unpaired) electrons. The third-order valence-electron chi connectivity index (χ3n) is 2.99. The number of hydrogen-bond acceptors (Lipinski definition) is 4. The number of pyridine rings is 1. The summed E-state index contributed by atoms with van der Waals surface area (Å²) in [5.41, 5.74) is 6.72. The van der Waals surface area contributed by atoms with Crippen LogP contribution in [0.25, 0.3) is 10.9 Å². The molecule has 0 amide bonds. The summed E-state index contributed by atoms with van der Waals surface area (Å²) in [6, 6.07) is 13.9. The molecule has 0 aliphatic rings. The first-order valence-corrected chi connectivity index (χ1v) is 7.84. The first kappa shape index (κ1) is 13.5. The summed E-state index contributed by atoms with van der Waals surface area (Å²) in [4.78, 5) is 5.50. The van der Waals surface area contributed by atoms with Gasteiger partial charge in [0.05, 0.1) is 3.79 Å². The van der Waals surface area contributed by atoms with E-state index >= 15 is 0 Å². The molecule has 2 aromatic heterocycles. The maximum Gasteiger partial charge on any atom is 0.146 e. The summed E-state index contributed by atoms with van der Waals surface area (Å²) in [6.45, 7) is 0.427. The van der Waals surface area contributed by atoms with Crippen molar-refractivity contribution >= 4 is 38.2 Å². The van der Waals surface area contributed by atoms with Crippen LogP contribution in [0, 0.1) is 0 Å². The average Bonchev–Trinajstić information content (AvgIpc) is 2.91. The van der Waals surface area contributed by atoms with Gasteiger partial charge in [0.1, 0.15) is 17.4 Å². The van der Waals surface area contributed by atoms with Gasteiger partial charge in [-0.3, -0.25) is 4.98 Å². The van der Waals surface area contributed by atoms with Gasteiger partial charge in [0.25, 0.3) is 0 Å². The summed E-state index contributed by atoms with van der Waals surface area (Å²) >= 11 is 5.10. The lowest BCUT2D eigenvalue weighted by Crippen LogP contribution is -2.17. The fraction of sp³-hybridized carbons (Fsp3) is 0.133. The van der Waals surface area contributed by atoms with Crippen LogP contribution in [0.15, 0.2) is 52.4 Å². The lowest BCUT2D eigenvalue weighted by atomic mass is 10.2. The number of nitrogens with two attached hydrogens (primary N) is 1. The van der Waals surface area contributed by atoms with Crippen molar-refractivity contribution in [2.75, 3.05) is 6.54 Å². The Bertz CT molecular complexity index is 723.